The second-order valence-electron chi connectivity index (χ2n) is 3.33. The fraction of sp³-hybridized carbons (Fsp3) is 0.167. The number of hydrogen-bond donors (Lipinski definition) is 1. The molecule has 0 fully saturated rings. The minimum Gasteiger partial charge on any atom is -0.351 e. The third kappa shape index (κ3) is 2.22. The lowest BCUT2D eigenvalue weighted by atomic mass is 10.1. The first-order valence-electron chi connectivity index (χ1n) is 5.01. The zero-order valence-electron chi connectivity index (χ0n) is 8.61. The number of para-hydroxylation sites is 1. The molecule has 0 saturated carbocycles. The summed E-state index contributed by atoms with van der Waals surface area (Å²) in [6.07, 6.45) is 1.70. The van der Waals surface area contributed by atoms with Crippen molar-refractivity contribution in [2.75, 3.05) is 11.9 Å². The molecule has 82 valence electrons. The average Bonchev–Trinajstić information content (AvgIpc) is 2.35. The van der Waals surface area contributed by atoms with E-state index in [4.69, 9.17) is 0 Å². The van der Waals surface area contributed by atoms with Gasteiger partial charge in [-0.2, -0.15) is 0 Å². The number of nitrogens with one attached hydrogen (secondary N) is 1. The maximum absolute atomic E-state index is 11.8. The molecule has 0 radical (unpaired) electrons. The largest absolute Gasteiger partial charge is 0.351 e. The van der Waals surface area contributed by atoms with E-state index in [0.29, 0.717) is 12.1 Å². The Balaban J connectivity index is 2.40. The molecule has 4 heteroatoms. The van der Waals surface area contributed by atoms with E-state index < -0.39 is 0 Å². The Bertz CT molecular complexity index is 508. The van der Waals surface area contributed by atoms with E-state index in [1.807, 2.05) is 24.3 Å². The van der Waals surface area contributed by atoms with E-state index in [2.05, 4.69) is 26.2 Å². The maximum atomic E-state index is 11.8. The Hall–Kier alpha value is -1.42. The smallest absolute Gasteiger partial charge is 0.253 e. The van der Waals surface area contributed by atoms with Crippen molar-refractivity contribution in [3.05, 3.63) is 42.1 Å². The number of amides is 1. The minimum absolute atomic E-state index is 0.0799. The first-order chi connectivity index (χ1) is 7.83. The van der Waals surface area contributed by atoms with Crippen LogP contribution < -0.4 is 5.32 Å². The van der Waals surface area contributed by atoms with E-state index in [1.54, 1.807) is 12.3 Å². The molecule has 0 aliphatic rings. The fourth-order valence-electron chi connectivity index (χ4n) is 1.54. The molecule has 2 rings (SSSR count). The van der Waals surface area contributed by atoms with E-state index in [9.17, 15) is 4.79 Å². The van der Waals surface area contributed by atoms with Crippen LogP contribution in [0.2, 0.25) is 0 Å². The van der Waals surface area contributed by atoms with Crippen LogP contribution in [0.3, 0.4) is 0 Å². The van der Waals surface area contributed by atoms with Crippen molar-refractivity contribution in [3.63, 3.8) is 0 Å². The lowest BCUT2D eigenvalue weighted by Gasteiger charge is -2.05. The van der Waals surface area contributed by atoms with Gasteiger partial charge in [-0.1, -0.05) is 34.1 Å². The summed E-state index contributed by atoms with van der Waals surface area (Å²) >= 11 is 3.27. The first-order valence-corrected chi connectivity index (χ1v) is 6.13. The number of hydrogen-bond acceptors (Lipinski definition) is 2. The monoisotopic (exact) mass is 278 g/mol. The van der Waals surface area contributed by atoms with Crippen molar-refractivity contribution >= 4 is 32.7 Å². The fourth-order valence-corrected chi connectivity index (χ4v) is 1.74. The summed E-state index contributed by atoms with van der Waals surface area (Å²) in [6.45, 7) is 0.613. The normalized spacial score (nSPS) is 10.3. The summed E-state index contributed by atoms with van der Waals surface area (Å²) in [7, 11) is 0. The summed E-state index contributed by atoms with van der Waals surface area (Å²) in [5.41, 5.74) is 1.37. The summed E-state index contributed by atoms with van der Waals surface area (Å²) in [6, 6.07) is 9.42. The molecule has 0 bridgehead atoms. The number of rotatable bonds is 3. The average molecular weight is 279 g/mol. The van der Waals surface area contributed by atoms with Gasteiger partial charge in [0.2, 0.25) is 0 Å². The highest BCUT2D eigenvalue weighted by Crippen LogP contribution is 2.15. The minimum atomic E-state index is -0.0799. The number of aromatic nitrogens is 1. The Morgan fingerprint density at radius 3 is 2.94 bits per heavy atom. The summed E-state index contributed by atoms with van der Waals surface area (Å²) < 4.78 is 0. The number of alkyl halides is 1. The number of nitrogens with zero attached hydrogens (tertiary/aromatic N) is 1. The predicted molar refractivity (Wildman–Crippen MR) is 67.9 cm³/mol. The molecule has 0 atom stereocenters. The van der Waals surface area contributed by atoms with Crippen molar-refractivity contribution in [2.24, 2.45) is 0 Å². The van der Waals surface area contributed by atoms with Gasteiger partial charge in [0.25, 0.3) is 5.91 Å². The second kappa shape index (κ2) is 5.07. The van der Waals surface area contributed by atoms with Crippen LogP contribution in [0.1, 0.15) is 10.4 Å². The van der Waals surface area contributed by atoms with Crippen LogP contribution in [0.25, 0.3) is 10.9 Å². The van der Waals surface area contributed by atoms with E-state index >= 15 is 0 Å². The third-order valence-electron chi connectivity index (χ3n) is 2.26. The molecular weight excluding hydrogens is 268 g/mol. The molecular formula is C12H11BrN2O. The van der Waals surface area contributed by atoms with Crippen molar-refractivity contribution in [2.45, 2.75) is 0 Å². The molecule has 0 unspecified atom stereocenters. The van der Waals surface area contributed by atoms with Gasteiger partial charge in [-0.25, -0.2) is 0 Å². The van der Waals surface area contributed by atoms with Gasteiger partial charge in [-0.05, 0) is 12.1 Å². The Morgan fingerprint density at radius 1 is 1.31 bits per heavy atom. The van der Waals surface area contributed by atoms with Crippen LogP contribution in [-0.2, 0) is 0 Å². The highest BCUT2D eigenvalue weighted by atomic mass is 79.9. The summed E-state index contributed by atoms with van der Waals surface area (Å²) in [5.74, 6) is -0.0799. The van der Waals surface area contributed by atoms with Crippen LogP contribution >= 0.6 is 15.9 Å². The van der Waals surface area contributed by atoms with Crippen LogP contribution in [0.4, 0.5) is 0 Å². The number of benzene rings is 1. The van der Waals surface area contributed by atoms with E-state index in [0.717, 1.165) is 16.2 Å². The zero-order valence-corrected chi connectivity index (χ0v) is 10.2. The summed E-state index contributed by atoms with van der Waals surface area (Å²) in [5, 5.41) is 4.54. The number of halogens is 1. The molecule has 2 aromatic rings. The van der Waals surface area contributed by atoms with Crippen LogP contribution in [0.15, 0.2) is 36.5 Å². The predicted octanol–water partition coefficient (Wildman–Crippen LogP) is 2.36. The lowest BCUT2D eigenvalue weighted by Crippen LogP contribution is -2.25. The zero-order chi connectivity index (χ0) is 11.4. The van der Waals surface area contributed by atoms with Crippen molar-refractivity contribution in [1.82, 2.24) is 10.3 Å². The molecule has 0 aliphatic carbocycles. The molecule has 1 N–H and O–H groups in total. The highest BCUT2D eigenvalue weighted by molar-refractivity contribution is 9.09. The van der Waals surface area contributed by atoms with Gasteiger partial charge in [0, 0.05) is 23.5 Å². The molecule has 3 nitrogen and oxygen atoms in total. The molecule has 1 heterocycles. The Labute approximate surface area is 102 Å². The van der Waals surface area contributed by atoms with Gasteiger partial charge in [0.15, 0.2) is 0 Å². The van der Waals surface area contributed by atoms with Crippen molar-refractivity contribution < 1.29 is 4.79 Å². The molecule has 0 saturated heterocycles. The molecule has 1 aromatic heterocycles. The molecule has 1 aromatic carbocycles. The summed E-state index contributed by atoms with van der Waals surface area (Å²) in [4.78, 5) is 16.1. The van der Waals surface area contributed by atoms with Crippen LogP contribution in [0.5, 0.6) is 0 Å². The third-order valence-corrected chi connectivity index (χ3v) is 2.65. The second-order valence-corrected chi connectivity index (χ2v) is 4.12. The van der Waals surface area contributed by atoms with Gasteiger partial charge >= 0.3 is 0 Å². The maximum Gasteiger partial charge on any atom is 0.253 e. The first kappa shape index (κ1) is 11.1. The Kier molecular flexibility index (Phi) is 3.51. The molecule has 0 aliphatic heterocycles. The lowest BCUT2D eigenvalue weighted by molar-refractivity contribution is 0.0958. The van der Waals surface area contributed by atoms with Gasteiger partial charge in [0.1, 0.15) is 0 Å². The topological polar surface area (TPSA) is 42.0 Å². The Morgan fingerprint density at radius 2 is 2.12 bits per heavy atom. The highest BCUT2D eigenvalue weighted by Gasteiger charge is 2.09. The van der Waals surface area contributed by atoms with Gasteiger partial charge in [-0.3, -0.25) is 9.78 Å². The number of fused-ring (bicyclic) bond motifs is 1. The van der Waals surface area contributed by atoms with Gasteiger partial charge in [0.05, 0.1) is 11.1 Å². The van der Waals surface area contributed by atoms with Crippen molar-refractivity contribution in [3.8, 4) is 0 Å². The van der Waals surface area contributed by atoms with Gasteiger partial charge < -0.3 is 5.32 Å². The quantitative estimate of drug-likeness (QED) is 0.876. The van der Waals surface area contributed by atoms with Crippen LogP contribution in [0, 0.1) is 0 Å². The van der Waals surface area contributed by atoms with Crippen molar-refractivity contribution in [1.29, 1.82) is 0 Å². The van der Waals surface area contributed by atoms with Crippen LogP contribution in [-0.4, -0.2) is 22.8 Å². The molecule has 1 amide bonds. The van der Waals surface area contributed by atoms with E-state index in [1.165, 1.54) is 0 Å². The van der Waals surface area contributed by atoms with E-state index in [-0.39, 0.29) is 5.91 Å². The number of carbonyl (C=O) groups excluding carboxylic acids is 1. The number of carbonyl (C=O) groups is 1. The van der Waals surface area contributed by atoms with Gasteiger partial charge in [-0.15, -0.1) is 0 Å². The molecule has 16 heavy (non-hydrogen) atoms. The number of pyridine rings is 1. The molecule has 0 spiro atoms. The SMILES string of the molecule is O=C(NCCBr)c1cccc2cccnc12. The standard InChI is InChI=1S/C12H11BrN2O/c13-6-8-15-12(16)10-5-1-3-9-4-2-7-14-11(9)10/h1-5,7H,6,8H2,(H,15,16).